The Labute approximate surface area is 125 Å². The lowest BCUT2D eigenvalue weighted by molar-refractivity contribution is 0.708. The number of H-pyrrole nitrogens is 1. The topological polar surface area (TPSA) is 27.8 Å². The number of aryl methyl sites for hydroxylation is 1. The van der Waals surface area contributed by atoms with Crippen molar-refractivity contribution >= 4 is 10.9 Å². The van der Waals surface area contributed by atoms with Gasteiger partial charge in [-0.2, -0.15) is 0 Å². The Morgan fingerprint density at radius 1 is 0.857 bits per heavy atom. The van der Waals surface area contributed by atoms with Crippen LogP contribution in [0.25, 0.3) is 22.0 Å². The van der Waals surface area contributed by atoms with Crippen molar-refractivity contribution in [1.29, 1.82) is 0 Å². The fraction of sp³-hybridized carbons (Fsp3) is 0.263. The van der Waals surface area contributed by atoms with Crippen molar-refractivity contribution in [3.05, 3.63) is 59.3 Å². The number of hydrogen-bond donors (Lipinski definition) is 2. The summed E-state index contributed by atoms with van der Waals surface area (Å²) in [7, 11) is 0. The molecule has 0 spiro atoms. The zero-order valence-corrected chi connectivity index (χ0v) is 12.4. The SMILES string of the molecule is Cc1ccccc1-c1cccc2[nH]c3c(c12)CCNCC3. The van der Waals surface area contributed by atoms with E-state index in [1.165, 1.54) is 38.9 Å². The number of nitrogens with one attached hydrogen (secondary N) is 2. The van der Waals surface area contributed by atoms with Gasteiger partial charge in [-0.25, -0.2) is 0 Å². The summed E-state index contributed by atoms with van der Waals surface area (Å²) >= 11 is 0. The molecule has 2 aromatic carbocycles. The third kappa shape index (κ3) is 2.07. The Morgan fingerprint density at radius 3 is 2.57 bits per heavy atom. The molecular weight excluding hydrogens is 256 g/mol. The van der Waals surface area contributed by atoms with E-state index in [-0.39, 0.29) is 0 Å². The van der Waals surface area contributed by atoms with E-state index in [9.17, 15) is 0 Å². The van der Waals surface area contributed by atoms with Crippen LogP contribution < -0.4 is 5.32 Å². The smallest absolute Gasteiger partial charge is 0.0465 e. The second kappa shape index (κ2) is 5.05. The highest BCUT2D eigenvalue weighted by Crippen LogP contribution is 2.35. The number of aromatic amines is 1. The van der Waals surface area contributed by atoms with Gasteiger partial charge in [-0.1, -0.05) is 36.4 Å². The van der Waals surface area contributed by atoms with E-state index in [1.807, 2.05) is 0 Å². The Morgan fingerprint density at radius 2 is 1.67 bits per heavy atom. The van der Waals surface area contributed by atoms with Gasteiger partial charge in [-0.15, -0.1) is 0 Å². The number of rotatable bonds is 1. The van der Waals surface area contributed by atoms with Crippen LogP contribution in [0.2, 0.25) is 0 Å². The molecule has 106 valence electrons. The van der Waals surface area contributed by atoms with Crippen LogP contribution >= 0.6 is 0 Å². The van der Waals surface area contributed by atoms with Gasteiger partial charge in [0.05, 0.1) is 0 Å². The Hall–Kier alpha value is -2.06. The molecule has 2 N–H and O–H groups in total. The normalized spacial score (nSPS) is 14.9. The van der Waals surface area contributed by atoms with E-state index in [2.05, 4.69) is 59.7 Å². The molecule has 0 saturated carbocycles. The molecule has 0 aliphatic carbocycles. The van der Waals surface area contributed by atoms with Crippen LogP contribution in [0.1, 0.15) is 16.8 Å². The minimum atomic E-state index is 1.07. The molecule has 1 aromatic heterocycles. The molecule has 21 heavy (non-hydrogen) atoms. The molecule has 0 fully saturated rings. The van der Waals surface area contributed by atoms with Gasteiger partial charge in [0.1, 0.15) is 0 Å². The highest BCUT2D eigenvalue weighted by Gasteiger charge is 2.17. The second-order valence-electron chi connectivity index (χ2n) is 5.88. The molecule has 2 nitrogen and oxygen atoms in total. The highest BCUT2D eigenvalue weighted by molar-refractivity contribution is 5.99. The maximum absolute atomic E-state index is 3.65. The number of hydrogen-bond acceptors (Lipinski definition) is 1. The summed E-state index contributed by atoms with van der Waals surface area (Å²) in [4.78, 5) is 3.65. The molecule has 0 unspecified atom stereocenters. The summed E-state index contributed by atoms with van der Waals surface area (Å²) in [6.45, 7) is 4.34. The third-order valence-electron chi connectivity index (χ3n) is 4.55. The fourth-order valence-corrected chi connectivity index (χ4v) is 3.51. The summed E-state index contributed by atoms with van der Waals surface area (Å²) < 4.78 is 0. The van der Waals surface area contributed by atoms with Crippen molar-refractivity contribution in [2.24, 2.45) is 0 Å². The van der Waals surface area contributed by atoms with E-state index < -0.39 is 0 Å². The van der Waals surface area contributed by atoms with Gasteiger partial charge in [0.25, 0.3) is 0 Å². The van der Waals surface area contributed by atoms with Crippen LogP contribution in [-0.2, 0) is 12.8 Å². The number of fused-ring (bicyclic) bond motifs is 3. The minimum Gasteiger partial charge on any atom is -0.358 e. The standard InChI is InChI=1S/C19H20N2/c1-13-5-2-3-6-14(13)15-7-4-8-18-19(15)16-9-11-20-12-10-17(16)21-18/h2-8,20-21H,9-12H2,1H3. The molecule has 4 rings (SSSR count). The molecule has 1 aliphatic heterocycles. The highest BCUT2D eigenvalue weighted by atomic mass is 14.9. The van der Waals surface area contributed by atoms with Crippen LogP contribution in [0.3, 0.4) is 0 Å². The predicted molar refractivity (Wildman–Crippen MR) is 88.7 cm³/mol. The van der Waals surface area contributed by atoms with Crippen LogP contribution in [0.4, 0.5) is 0 Å². The first-order chi connectivity index (χ1) is 10.3. The summed E-state index contributed by atoms with van der Waals surface area (Å²) in [5, 5.41) is 4.92. The monoisotopic (exact) mass is 276 g/mol. The van der Waals surface area contributed by atoms with Crippen LogP contribution in [0.15, 0.2) is 42.5 Å². The van der Waals surface area contributed by atoms with Crippen molar-refractivity contribution in [2.75, 3.05) is 13.1 Å². The van der Waals surface area contributed by atoms with E-state index in [0.29, 0.717) is 0 Å². The van der Waals surface area contributed by atoms with Gasteiger partial charge in [0.15, 0.2) is 0 Å². The molecular formula is C19H20N2. The van der Waals surface area contributed by atoms with Gasteiger partial charge >= 0.3 is 0 Å². The van der Waals surface area contributed by atoms with Crippen LogP contribution in [0.5, 0.6) is 0 Å². The van der Waals surface area contributed by atoms with Crippen LogP contribution in [-0.4, -0.2) is 18.1 Å². The average Bonchev–Trinajstić information content (AvgIpc) is 2.70. The second-order valence-corrected chi connectivity index (χ2v) is 5.88. The van der Waals surface area contributed by atoms with E-state index in [4.69, 9.17) is 0 Å². The van der Waals surface area contributed by atoms with Crippen molar-refractivity contribution in [3.63, 3.8) is 0 Å². The molecule has 3 aromatic rings. The number of aromatic nitrogens is 1. The van der Waals surface area contributed by atoms with Crippen molar-refractivity contribution in [1.82, 2.24) is 10.3 Å². The fourth-order valence-electron chi connectivity index (χ4n) is 3.51. The minimum absolute atomic E-state index is 1.07. The Kier molecular flexibility index (Phi) is 3.04. The lowest BCUT2D eigenvalue weighted by Gasteiger charge is -2.09. The summed E-state index contributed by atoms with van der Waals surface area (Å²) in [6, 6.07) is 15.3. The van der Waals surface area contributed by atoms with E-state index >= 15 is 0 Å². The average molecular weight is 276 g/mol. The quantitative estimate of drug-likeness (QED) is 0.694. The first kappa shape index (κ1) is 12.7. The molecule has 0 saturated heterocycles. The summed E-state index contributed by atoms with van der Waals surface area (Å²) in [5.41, 5.74) is 8.26. The Bertz CT molecular complexity index is 798. The maximum atomic E-state index is 3.65. The molecule has 0 bridgehead atoms. The Balaban J connectivity index is 2.02. The number of benzene rings is 2. The lowest BCUT2D eigenvalue weighted by atomic mass is 9.94. The largest absolute Gasteiger partial charge is 0.358 e. The van der Waals surface area contributed by atoms with Gasteiger partial charge in [-0.3, -0.25) is 0 Å². The summed E-state index contributed by atoms with van der Waals surface area (Å²) in [5.74, 6) is 0. The van der Waals surface area contributed by atoms with Gasteiger partial charge in [0, 0.05) is 29.6 Å². The van der Waals surface area contributed by atoms with Crippen LogP contribution in [0, 0.1) is 6.92 Å². The van der Waals surface area contributed by atoms with Gasteiger partial charge < -0.3 is 10.3 Å². The first-order valence-electron chi connectivity index (χ1n) is 7.74. The molecule has 0 amide bonds. The van der Waals surface area contributed by atoms with E-state index in [1.54, 1.807) is 0 Å². The zero-order chi connectivity index (χ0) is 14.2. The molecule has 2 heteroatoms. The molecule has 1 aliphatic rings. The predicted octanol–water partition coefficient (Wildman–Crippen LogP) is 3.83. The van der Waals surface area contributed by atoms with Crippen molar-refractivity contribution in [3.8, 4) is 11.1 Å². The zero-order valence-electron chi connectivity index (χ0n) is 12.4. The van der Waals surface area contributed by atoms with Crippen molar-refractivity contribution in [2.45, 2.75) is 19.8 Å². The van der Waals surface area contributed by atoms with Gasteiger partial charge in [-0.05, 0) is 48.2 Å². The molecule has 2 heterocycles. The van der Waals surface area contributed by atoms with E-state index in [0.717, 1.165) is 25.9 Å². The maximum Gasteiger partial charge on any atom is 0.0465 e. The third-order valence-corrected chi connectivity index (χ3v) is 4.55. The lowest BCUT2D eigenvalue weighted by Crippen LogP contribution is -2.16. The van der Waals surface area contributed by atoms with Crippen molar-refractivity contribution < 1.29 is 0 Å². The molecule has 0 atom stereocenters. The van der Waals surface area contributed by atoms with Gasteiger partial charge in [0.2, 0.25) is 0 Å². The molecule has 0 radical (unpaired) electrons. The summed E-state index contributed by atoms with van der Waals surface area (Å²) in [6.07, 6.45) is 2.20. The first-order valence-corrected chi connectivity index (χ1v) is 7.74.